The van der Waals surface area contributed by atoms with Crippen LogP contribution in [0.25, 0.3) is 0 Å². The molecule has 6 heteroatoms. The molecule has 0 atom stereocenters. The number of ether oxygens (including phenoxy) is 1. The number of nitrogens with zero attached hydrogens (tertiary/aromatic N) is 3. The molecule has 1 N–H and O–H groups in total. The number of phenols is 1. The lowest BCUT2D eigenvalue weighted by atomic mass is 10.1. The minimum absolute atomic E-state index is 0.0532. The SMILES string of the molecule is COc1cc(/C=N/N=C2\C(=O)N(C)c3ccccc32)ccc1O. The van der Waals surface area contributed by atoms with E-state index in [1.165, 1.54) is 19.4 Å². The molecule has 0 aliphatic carbocycles. The third-order valence-electron chi connectivity index (χ3n) is 3.60. The van der Waals surface area contributed by atoms with E-state index in [4.69, 9.17) is 4.74 Å². The highest BCUT2D eigenvalue weighted by molar-refractivity contribution is 6.54. The smallest absolute Gasteiger partial charge is 0.279 e. The average molecular weight is 309 g/mol. The van der Waals surface area contributed by atoms with Gasteiger partial charge in [-0.1, -0.05) is 18.2 Å². The van der Waals surface area contributed by atoms with Crippen molar-refractivity contribution in [3.05, 3.63) is 53.6 Å². The zero-order valence-corrected chi connectivity index (χ0v) is 12.7. The molecule has 1 amide bonds. The molecule has 2 aromatic carbocycles. The molecule has 116 valence electrons. The van der Waals surface area contributed by atoms with Gasteiger partial charge in [-0.2, -0.15) is 5.10 Å². The van der Waals surface area contributed by atoms with E-state index in [9.17, 15) is 9.90 Å². The van der Waals surface area contributed by atoms with Gasteiger partial charge in [-0.25, -0.2) is 0 Å². The highest BCUT2D eigenvalue weighted by Crippen LogP contribution is 2.28. The maximum atomic E-state index is 12.2. The van der Waals surface area contributed by atoms with Gasteiger partial charge in [0.25, 0.3) is 5.91 Å². The first kappa shape index (κ1) is 14.8. The normalized spacial score (nSPS) is 15.5. The van der Waals surface area contributed by atoms with Crippen molar-refractivity contribution in [2.75, 3.05) is 19.1 Å². The highest BCUT2D eigenvalue weighted by atomic mass is 16.5. The van der Waals surface area contributed by atoms with Crippen LogP contribution in [0.5, 0.6) is 11.5 Å². The van der Waals surface area contributed by atoms with Gasteiger partial charge >= 0.3 is 0 Å². The van der Waals surface area contributed by atoms with Crippen molar-refractivity contribution < 1.29 is 14.6 Å². The Morgan fingerprint density at radius 2 is 2.00 bits per heavy atom. The van der Waals surface area contributed by atoms with Crippen LogP contribution in [0, 0.1) is 0 Å². The topological polar surface area (TPSA) is 74.5 Å². The molecule has 0 bridgehead atoms. The summed E-state index contributed by atoms with van der Waals surface area (Å²) in [7, 11) is 3.18. The first-order chi connectivity index (χ1) is 11.1. The van der Waals surface area contributed by atoms with Gasteiger partial charge in [0, 0.05) is 12.6 Å². The molecular formula is C17H15N3O3. The number of rotatable bonds is 3. The summed E-state index contributed by atoms with van der Waals surface area (Å²) >= 11 is 0. The number of fused-ring (bicyclic) bond motifs is 1. The zero-order chi connectivity index (χ0) is 16.4. The number of benzene rings is 2. The van der Waals surface area contributed by atoms with Crippen LogP contribution in [0.2, 0.25) is 0 Å². The number of amides is 1. The highest BCUT2D eigenvalue weighted by Gasteiger charge is 2.30. The number of para-hydroxylation sites is 1. The monoisotopic (exact) mass is 309 g/mol. The van der Waals surface area contributed by atoms with Crippen LogP contribution in [0.3, 0.4) is 0 Å². The van der Waals surface area contributed by atoms with Crippen molar-refractivity contribution in [2.24, 2.45) is 10.2 Å². The van der Waals surface area contributed by atoms with E-state index in [2.05, 4.69) is 10.2 Å². The summed E-state index contributed by atoms with van der Waals surface area (Å²) in [5, 5.41) is 17.6. The number of phenolic OH excluding ortho intramolecular Hbond substituents is 1. The van der Waals surface area contributed by atoms with Gasteiger partial charge in [-0.05, 0) is 29.8 Å². The maximum Gasteiger partial charge on any atom is 0.279 e. The summed E-state index contributed by atoms with van der Waals surface area (Å²) < 4.78 is 5.03. The Labute approximate surface area is 133 Å². The summed E-state index contributed by atoms with van der Waals surface area (Å²) in [6, 6.07) is 12.3. The molecule has 1 aliphatic heterocycles. The fourth-order valence-electron chi connectivity index (χ4n) is 2.37. The van der Waals surface area contributed by atoms with Crippen LogP contribution in [0.15, 0.2) is 52.7 Å². The van der Waals surface area contributed by atoms with Crippen molar-refractivity contribution in [1.29, 1.82) is 0 Å². The summed E-state index contributed by atoms with van der Waals surface area (Å²) in [6.07, 6.45) is 1.50. The first-order valence-corrected chi connectivity index (χ1v) is 6.97. The largest absolute Gasteiger partial charge is 0.504 e. The van der Waals surface area contributed by atoms with E-state index in [1.807, 2.05) is 24.3 Å². The zero-order valence-electron chi connectivity index (χ0n) is 12.7. The van der Waals surface area contributed by atoms with E-state index < -0.39 is 0 Å². The summed E-state index contributed by atoms with van der Waals surface area (Å²) in [6.45, 7) is 0. The van der Waals surface area contributed by atoms with Crippen LogP contribution in [0.1, 0.15) is 11.1 Å². The Morgan fingerprint density at radius 3 is 2.78 bits per heavy atom. The van der Waals surface area contributed by atoms with E-state index in [0.29, 0.717) is 17.0 Å². The second-order valence-corrected chi connectivity index (χ2v) is 5.01. The minimum Gasteiger partial charge on any atom is -0.504 e. The third kappa shape index (κ3) is 2.66. The first-order valence-electron chi connectivity index (χ1n) is 6.97. The lowest BCUT2D eigenvalue weighted by molar-refractivity contribution is -0.111. The van der Waals surface area contributed by atoms with Crippen molar-refractivity contribution in [1.82, 2.24) is 0 Å². The molecule has 0 spiro atoms. The van der Waals surface area contributed by atoms with Crippen LogP contribution in [0.4, 0.5) is 5.69 Å². The number of hydrogen-bond donors (Lipinski definition) is 1. The summed E-state index contributed by atoms with van der Waals surface area (Å²) in [5.74, 6) is 0.216. The second-order valence-electron chi connectivity index (χ2n) is 5.01. The predicted octanol–water partition coefficient (Wildman–Crippen LogP) is 2.20. The van der Waals surface area contributed by atoms with Gasteiger partial charge in [0.1, 0.15) is 0 Å². The van der Waals surface area contributed by atoms with E-state index in [0.717, 1.165) is 11.3 Å². The van der Waals surface area contributed by atoms with Crippen LogP contribution < -0.4 is 9.64 Å². The molecule has 0 aromatic heterocycles. The lowest BCUT2D eigenvalue weighted by Crippen LogP contribution is -2.25. The van der Waals surface area contributed by atoms with Gasteiger partial charge in [0.2, 0.25) is 0 Å². The Hall–Kier alpha value is -3.15. The Kier molecular flexibility index (Phi) is 3.80. The van der Waals surface area contributed by atoms with Gasteiger partial charge in [-0.3, -0.25) is 4.79 Å². The predicted molar refractivity (Wildman–Crippen MR) is 88.6 cm³/mol. The molecule has 2 aromatic rings. The fourth-order valence-corrected chi connectivity index (χ4v) is 2.37. The Bertz CT molecular complexity index is 828. The molecule has 1 aliphatic rings. The lowest BCUT2D eigenvalue weighted by Gasteiger charge is -2.07. The number of carbonyl (C=O) groups is 1. The fraction of sp³-hybridized carbons (Fsp3) is 0.118. The van der Waals surface area contributed by atoms with E-state index in [-0.39, 0.29) is 11.7 Å². The maximum absolute atomic E-state index is 12.2. The molecule has 0 saturated carbocycles. The molecule has 0 radical (unpaired) electrons. The quantitative estimate of drug-likeness (QED) is 0.697. The van der Waals surface area contributed by atoms with Crippen LogP contribution in [-0.4, -0.2) is 37.1 Å². The molecule has 0 fully saturated rings. The van der Waals surface area contributed by atoms with Crippen molar-refractivity contribution >= 4 is 23.5 Å². The summed E-state index contributed by atoms with van der Waals surface area (Å²) in [5.41, 5.74) is 2.60. The third-order valence-corrected chi connectivity index (χ3v) is 3.60. The van der Waals surface area contributed by atoms with Crippen LogP contribution in [-0.2, 0) is 4.79 Å². The average Bonchev–Trinajstić information content (AvgIpc) is 2.81. The molecule has 0 unspecified atom stereocenters. The van der Waals surface area contributed by atoms with E-state index >= 15 is 0 Å². The van der Waals surface area contributed by atoms with Gasteiger partial charge < -0.3 is 14.7 Å². The number of likely N-dealkylation sites (N-methyl/N-ethyl adjacent to an activating group) is 1. The van der Waals surface area contributed by atoms with Gasteiger partial charge in [-0.15, -0.1) is 5.10 Å². The second kappa shape index (κ2) is 5.92. The number of aromatic hydroxyl groups is 1. The molecule has 6 nitrogen and oxygen atoms in total. The molecule has 3 rings (SSSR count). The Balaban J connectivity index is 1.90. The number of hydrogen-bond acceptors (Lipinski definition) is 5. The number of anilines is 1. The van der Waals surface area contributed by atoms with Crippen molar-refractivity contribution in [2.45, 2.75) is 0 Å². The Morgan fingerprint density at radius 1 is 1.22 bits per heavy atom. The van der Waals surface area contributed by atoms with Crippen molar-refractivity contribution in [3.63, 3.8) is 0 Å². The van der Waals surface area contributed by atoms with Crippen LogP contribution >= 0.6 is 0 Å². The summed E-state index contributed by atoms with van der Waals surface area (Å²) in [4.78, 5) is 13.8. The number of carbonyl (C=O) groups excluding carboxylic acids is 1. The van der Waals surface area contributed by atoms with Gasteiger partial charge in [0.15, 0.2) is 17.2 Å². The number of methoxy groups -OCH3 is 1. The molecule has 23 heavy (non-hydrogen) atoms. The molecule has 0 saturated heterocycles. The molecular weight excluding hydrogens is 294 g/mol. The van der Waals surface area contributed by atoms with Crippen molar-refractivity contribution in [3.8, 4) is 11.5 Å². The van der Waals surface area contributed by atoms with Gasteiger partial charge in [0.05, 0.1) is 19.0 Å². The molecule has 1 heterocycles. The van der Waals surface area contributed by atoms with E-state index in [1.54, 1.807) is 24.1 Å². The minimum atomic E-state index is -0.188. The standard InChI is InChI=1S/C17H15N3O3/c1-20-13-6-4-3-5-12(13)16(17(20)22)19-18-10-11-7-8-14(21)15(9-11)23-2/h3-10,21H,1-2H3/b18-10+,19-16-.